The first-order chi connectivity index (χ1) is 8.45. The number of rotatable bonds is 5. The molecule has 0 radical (unpaired) electrons. The topological polar surface area (TPSA) is 76.4 Å². The van der Waals surface area contributed by atoms with Gasteiger partial charge in [-0.15, -0.1) is 0 Å². The molecule has 0 amide bonds. The van der Waals surface area contributed by atoms with E-state index in [4.69, 9.17) is 10.3 Å². The molecule has 1 rings (SSSR count). The zero-order chi connectivity index (χ0) is 13.7. The van der Waals surface area contributed by atoms with Crippen molar-refractivity contribution in [1.29, 1.82) is 0 Å². The predicted octanol–water partition coefficient (Wildman–Crippen LogP) is 2.10. The summed E-state index contributed by atoms with van der Waals surface area (Å²) in [5, 5.41) is 7.10. The van der Waals surface area contributed by atoms with Crippen LogP contribution in [0.25, 0.3) is 0 Å². The fourth-order valence-electron chi connectivity index (χ4n) is 1.92. The van der Waals surface area contributed by atoms with E-state index in [0.29, 0.717) is 18.5 Å². The molecule has 0 spiro atoms. The van der Waals surface area contributed by atoms with Gasteiger partial charge in [-0.2, -0.15) is 0 Å². The average molecular weight is 252 g/mol. The molecule has 0 aliphatic carbocycles. The molecule has 0 fully saturated rings. The van der Waals surface area contributed by atoms with Gasteiger partial charge in [-0.05, 0) is 27.2 Å². The van der Waals surface area contributed by atoms with Gasteiger partial charge in [0.2, 0.25) is 0 Å². The number of nitrogens with zero attached hydrogens (tertiary/aromatic N) is 2. The van der Waals surface area contributed by atoms with Crippen molar-refractivity contribution in [3.63, 3.8) is 0 Å². The molecule has 0 aliphatic rings. The minimum absolute atomic E-state index is 0.258. The van der Waals surface area contributed by atoms with Crippen molar-refractivity contribution < 1.29 is 4.52 Å². The molecule has 0 saturated carbocycles. The molecule has 102 valence electrons. The van der Waals surface area contributed by atoms with E-state index in [1.807, 2.05) is 13.8 Å². The van der Waals surface area contributed by atoms with Crippen LogP contribution in [0.1, 0.15) is 50.1 Å². The van der Waals surface area contributed by atoms with Crippen LogP contribution in [0.3, 0.4) is 0 Å². The first-order valence-electron chi connectivity index (χ1n) is 6.44. The van der Waals surface area contributed by atoms with Gasteiger partial charge >= 0.3 is 0 Å². The van der Waals surface area contributed by atoms with Gasteiger partial charge in [-0.3, -0.25) is 4.99 Å². The minimum Gasteiger partial charge on any atom is -0.370 e. The van der Waals surface area contributed by atoms with Crippen LogP contribution in [0.5, 0.6) is 0 Å². The van der Waals surface area contributed by atoms with Crippen LogP contribution in [-0.4, -0.2) is 23.7 Å². The van der Waals surface area contributed by atoms with Gasteiger partial charge in [0, 0.05) is 24.1 Å². The Labute approximate surface area is 109 Å². The van der Waals surface area contributed by atoms with Crippen molar-refractivity contribution in [2.75, 3.05) is 6.54 Å². The molecule has 3 N–H and O–H groups in total. The summed E-state index contributed by atoms with van der Waals surface area (Å²) < 4.78 is 5.16. The van der Waals surface area contributed by atoms with Gasteiger partial charge in [0.1, 0.15) is 5.76 Å². The Balaban J connectivity index is 2.60. The molecule has 1 aromatic rings. The van der Waals surface area contributed by atoms with Crippen LogP contribution in [0.4, 0.5) is 0 Å². The Kier molecular flexibility index (Phi) is 5.19. The number of hydrogen-bond acceptors (Lipinski definition) is 3. The fourth-order valence-corrected chi connectivity index (χ4v) is 1.92. The third kappa shape index (κ3) is 3.75. The van der Waals surface area contributed by atoms with Crippen LogP contribution in [0.15, 0.2) is 9.52 Å². The minimum atomic E-state index is 0.258. The maximum absolute atomic E-state index is 5.83. The number of aryl methyl sites for hydroxylation is 2. The Morgan fingerprint density at radius 2 is 2.11 bits per heavy atom. The fraction of sp³-hybridized carbons (Fsp3) is 0.692. The van der Waals surface area contributed by atoms with Crippen molar-refractivity contribution in [2.45, 2.75) is 53.0 Å². The average Bonchev–Trinajstić information content (AvgIpc) is 2.66. The standard InChI is InChI=1S/C13H24N4O/c1-6-9(3)16-13(14)15-7-8(2)12-10(4)17-18-11(12)5/h8-9H,6-7H2,1-5H3,(H3,14,15,16). The van der Waals surface area contributed by atoms with E-state index in [0.717, 1.165) is 23.4 Å². The highest BCUT2D eigenvalue weighted by molar-refractivity contribution is 5.78. The molecule has 2 unspecified atom stereocenters. The zero-order valence-electron chi connectivity index (χ0n) is 11.9. The summed E-state index contributed by atoms with van der Waals surface area (Å²) >= 11 is 0. The molecule has 5 nitrogen and oxygen atoms in total. The van der Waals surface area contributed by atoms with E-state index in [1.165, 1.54) is 0 Å². The van der Waals surface area contributed by atoms with Gasteiger partial charge in [-0.1, -0.05) is 19.0 Å². The van der Waals surface area contributed by atoms with Gasteiger partial charge in [0.15, 0.2) is 5.96 Å². The third-order valence-corrected chi connectivity index (χ3v) is 3.12. The van der Waals surface area contributed by atoms with E-state index in [9.17, 15) is 0 Å². The third-order valence-electron chi connectivity index (χ3n) is 3.12. The largest absolute Gasteiger partial charge is 0.370 e. The molecular weight excluding hydrogens is 228 g/mol. The Bertz CT molecular complexity index is 392. The van der Waals surface area contributed by atoms with Gasteiger partial charge in [0.05, 0.1) is 5.69 Å². The van der Waals surface area contributed by atoms with Crippen molar-refractivity contribution in [3.8, 4) is 0 Å². The van der Waals surface area contributed by atoms with E-state index >= 15 is 0 Å². The number of hydrogen-bond donors (Lipinski definition) is 2. The highest BCUT2D eigenvalue weighted by Gasteiger charge is 2.16. The Morgan fingerprint density at radius 1 is 1.44 bits per heavy atom. The highest BCUT2D eigenvalue weighted by atomic mass is 16.5. The molecule has 2 atom stereocenters. The lowest BCUT2D eigenvalue weighted by Crippen LogP contribution is -2.38. The molecule has 1 aromatic heterocycles. The molecule has 1 heterocycles. The monoisotopic (exact) mass is 252 g/mol. The maximum Gasteiger partial charge on any atom is 0.188 e. The summed E-state index contributed by atoms with van der Waals surface area (Å²) in [4.78, 5) is 4.36. The zero-order valence-corrected chi connectivity index (χ0v) is 11.9. The second-order valence-electron chi connectivity index (χ2n) is 4.82. The van der Waals surface area contributed by atoms with Gasteiger partial charge in [0.25, 0.3) is 0 Å². The second kappa shape index (κ2) is 6.42. The van der Waals surface area contributed by atoms with Crippen LogP contribution in [0, 0.1) is 13.8 Å². The van der Waals surface area contributed by atoms with Crippen LogP contribution < -0.4 is 11.1 Å². The second-order valence-corrected chi connectivity index (χ2v) is 4.82. The van der Waals surface area contributed by atoms with Crippen LogP contribution in [-0.2, 0) is 0 Å². The SMILES string of the molecule is CCC(C)NC(N)=NCC(C)c1c(C)noc1C. The molecule has 0 aliphatic heterocycles. The molecule has 0 aromatic carbocycles. The number of aliphatic imine (C=N–C) groups is 1. The normalized spacial score (nSPS) is 15.5. The van der Waals surface area contributed by atoms with E-state index in [-0.39, 0.29) is 5.92 Å². The maximum atomic E-state index is 5.83. The Hall–Kier alpha value is -1.52. The lowest BCUT2D eigenvalue weighted by atomic mass is 10.00. The van der Waals surface area contributed by atoms with Crippen molar-refractivity contribution >= 4 is 5.96 Å². The molecule has 0 bridgehead atoms. The summed E-state index contributed by atoms with van der Waals surface area (Å²) in [7, 11) is 0. The summed E-state index contributed by atoms with van der Waals surface area (Å²) in [5.74, 6) is 1.63. The summed E-state index contributed by atoms with van der Waals surface area (Å²) in [6.45, 7) is 10.8. The highest BCUT2D eigenvalue weighted by Crippen LogP contribution is 2.22. The van der Waals surface area contributed by atoms with Crippen LogP contribution in [0.2, 0.25) is 0 Å². The van der Waals surface area contributed by atoms with Crippen molar-refractivity contribution in [1.82, 2.24) is 10.5 Å². The summed E-state index contributed by atoms with van der Waals surface area (Å²) in [5.41, 5.74) is 7.90. The van der Waals surface area contributed by atoms with E-state index in [1.54, 1.807) is 0 Å². The quantitative estimate of drug-likeness (QED) is 0.621. The molecule has 5 heteroatoms. The summed E-state index contributed by atoms with van der Waals surface area (Å²) in [6.07, 6.45) is 1.02. The molecule has 18 heavy (non-hydrogen) atoms. The number of nitrogens with two attached hydrogens (primary N) is 1. The van der Waals surface area contributed by atoms with Gasteiger partial charge < -0.3 is 15.6 Å². The van der Waals surface area contributed by atoms with Gasteiger partial charge in [-0.25, -0.2) is 0 Å². The Morgan fingerprint density at radius 3 is 2.61 bits per heavy atom. The lowest BCUT2D eigenvalue weighted by Gasteiger charge is -2.13. The van der Waals surface area contributed by atoms with Crippen molar-refractivity contribution in [2.24, 2.45) is 10.7 Å². The number of aromatic nitrogens is 1. The molecular formula is C13H24N4O. The van der Waals surface area contributed by atoms with Crippen molar-refractivity contribution in [3.05, 3.63) is 17.0 Å². The first-order valence-corrected chi connectivity index (χ1v) is 6.44. The smallest absolute Gasteiger partial charge is 0.188 e. The van der Waals surface area contributed by atoms with E-state index in [2.05, 4.69) is 36.2 Å². The lowest BCUT2D eigenvalue weighted by molar-refractivity contribution is 0.391. The van der Waals surface area contributed by atoms with Crippen LogP contribution >= 0.6 is 0 Å². The number of nitrogens with one attached hydrogen (secondary N) is 1. The number of guanidine groups is 1. The van der Waals surface area contributed by atoms with E-state index < -0.39 is 0 Å². The molecule has 0 saturated heterocycles. The summed E-state index contributed by atoms with van der Waals surface area (Å²) in [6, 6.07) is 0.350. The first kappa shape index (κ1) is 14.5. The predicted molar refractivity (Wildman–Crippen MR) is 73.8 cm³/mol.